The molecule has 2 amide bonds. The zero-order valence-electron chi connectivity index (χ0n) is 22.9. The van der Waals surface area contributed by atoms with E-state index in [1.807, 2.05) is 45.0 Å². The number of halogens is 1. The minimum atomic E-state index is -4.02. The Morgan fingerprint density at radius 1 is 1.08 bits per heavy atom. The third-order valence-corrected chi connectivity index (χ3v) is 9.21. The summed E-state index contributed by atoms with van der Waals surface area (Å²) in [6.07, 6.45) is 4.34. The fraction of sp³-hybridized carbons (Fsp3) is 0.500. The number of benzene rings is 2. The van der Waals surface area contributed by atoms with E-state index in [0.717, 1.165) is 45.4 Å². The summed E-state index contributed by atoms with van der Waals surface area (Å²) in [7, 11) is -1.15. The molecule has 0 heterocycles. The van der Waals surface area contributed by atoms with Gasteiger partial charge in [0.05, 0.1) is 5.69 Å². The molecular weight excluding hydrogens is 524 g/mol. The molecule has 1 aliphatic rings. The number of carbonyl (C=O) groups excluding carboxylic acids is 2. The van der Waals surface area contributed by atoms with Crippen molar-refractivity contribution in [3.8, 4) is 0 Å². The normalized spacial score (nSPS) is 14.9. The van der Waals surface area contributed by atoms with E-state index in [4.69, 9.17) is 11.6 Å². The highest BCUT2D eigenvalue weighted by molar-refractivity contribution is 7.90. The standard InChI is InChI=1S/C28H39ClN4O4S/c1-6-25(28(35)30-23-12-8-9-13-23)32(18-22-11-7-10-14-24(22)29)27(34)19-33(38(36,37)31(4)5)26-17-20(2)15-16-21(26)3/h7,10-11,14-17,23,25H,6,8-9,12-13,18-19H2,1-5H3,(H,30,35)/t25-/m1/s1. The van der Waals surface area contributed by atoms with Gasteiger partial charge in [0.2, 0.25) is 11.8 Å². The molecule has 0 aliphatic heterocycles. The highest BCUT2D eigenvalue weighted by Gasteiger charge is 2.35. The molecular formula is C28H39ClN4O4S. The molecule has 2 aromatic rings. The van der Waals surface area contributed by atoms with E-state index in [1.165, 1.54) is 19.0 Å². The summed E-state index contributed by atoms with van der Waals surface area (Å²) in [6.45, 7) is 5.16. The molecule has 38 heavy (non-hydrogen) atoms. The summed E-state index contributed by atoms with van der Waals surface area (Å²) < 4.78 is 29.1. The van der Waals surface area contributed by atoms with Crippen molar-refractivity contribution < 1.29 is 18.0 Å². The first-order valence-corrected chi connectivity index (χ1v) is 14.8. The maximum Gasteiger partial charge on any atom is 0.304 e. The second-order valence-electron chi connectivity index (χ2n) is 10.1. The molecule has 0 bridgehead atoms. The number of carbonyl (C=O) groups is 2. The summed E-state index contributed by atoms with van der Waals surface area (Å²) in [5, 5.41) is 3.59. The summed E-state index contributed by atoms with van der Waals surface area (Å²) in [6, 6.07) is 12.0. The molecule has 1 saturated carbocycles. The number of hydrogen-bond donors (Lipinski definition) is 1. The van der Waals surface area contributed by atoms with Crippen LogP contribution in [-0.4, -0.2) is 62.2 Å². The van der Waals surface area contributed by atoms with Crippen LogP contribution in [0.15, 0.2) is 42.5 Å². The van der Waals surface area contributed by atoms with E-state index in [-0.39, 0.29) is 18.5 Å². The number of amides is 2. The average Bonchev–Trinajstić information content (AvgIpc) is 3.37. The Hall–Kier alpha value is -2.62. The maximum atomic E-state index is 14.0. The van der Waals surface area contributed by atoms with Crippen LogP contribution in [0, 0.1) is 13.8 Å². The number of hydrogen-bond acceptors (Lipinski definition) is 4. The lowest BCUT2D eigenvalue weighted by Crippen LogP contribution is -2.54. The minimum Gasteiger partial charge on any atom is -0.352 e. The van der Waals surface area contributed by atoms with Gasteiger partial charge in [-0.2, -0.15) is 12.7 Å². The highest BCUT2D eigenvalue weighted by Crippen LogP contribution is 2.27. The van der Waals surface area contributed by atoms with Crippen molar-refractivity contribution in [2.45, 2.75) is 71.5 Å². The lowest BCUT2D eigenvalue weighted by atomic mass is 10.1. The molecule has 3 rings (SSSR count). The Kier molecular flexibility index (Phi) is 10.2. The number of nitrogens with one attached hydrogen (secondary N) is 1. The Morgan fingerprint density at radius 2 is 1.74 bits per heavy atom. The third-order valence-electron chi connectivity index (χ3n) is 7.04. The first-order chi connectivity index (χ1) is 17.9. The lowest BCUT2D eigenvalue weighted by molar-refractivity contribution is -0.140. The van der Waals surface area contributed by atoms with Crippen molar-refractivity contribution in [1.82, 2.24) is 14.5 Å². The summed E-state index contributed by atoms with van der Waals surface area (Å²) in [5.41, 5.74) is 2.70. The van der Waals surface area contributed by atoms with E-state index in [1.54, 1.807) is 18.2 Å². The number of nitrogens with zero attached hydrogens (tertiary/aromatic N) is 3. The van der Waals surface area contributed by atoms with Crippen molar-refractivity contribution in [1.29, 1.82) is 0 Å². The molecule has 0 spiro atoms. The Balaban J connectivity index is 2.01. The molecule has 208 valence electrons. The van der Waals surface area contributed by atoms with Crippen LogP contribution in [-0.2, 0) is 26.3 Å². The predicted octanol–water partition coefficient (Wildman–Crippen LogP) is 4.44. The van der Waals surface area contributed by atoms with Gasteiger partial charge in [0.25, 0.3) is 0 Å². The summed E-state index contributed by atoms with van der Waals surface area (Å²) in [5.74, 6) is -0.710. The van der Waals surface area contributed by atoms with Crippen molar-refractivity contribution >= 4 is 39.3 Å². The molecule has 1 aliphatic carbocycles. The second-order valence-corrected chi connectivity index (χ2v) is 12.6. The molecule has 1 fully saturated rings. The zero-order valence-corrected chi connectivity index (χ0v) is 24.5. The van der Waals surface area contributed by atoms with Gasteiger partial charge in [-0.25, -0.2) is 4.31 Å². The topological polar surface area (TPSA) is 90.0 Å². The number of rotatable bonds is 11. The lowest BCUT2D eigenvalue weighted by Gasteiger charge is -2.35. The first-order valence-electron chi connectivity index (χ1n) is 13.1. The number of anilines is 1. The average molecular weight is 563 g/mol. The van der Waals surface area contributed by atoms with Crippen LogP contribution in [0.3, 0.4) is 0 Å². The Morgan fingerprint density at radius 3 is 2.34 bits per heavy atom. The van der Waals surface area contributed by atoms with Crippen molar-refractivity contribution in [2.24, 2.45) is 0 Å². The van der Waals surface area contributed by atoms with Gasteiger partial charge < -0.3 is 10.2 Å². The van der Waals surface area contributed by atoms with E-state index < -0.39 is 28.7 Å². The smallest absolute Gasteiger partial charge is 0.304 e. The van der Waals surface area contributed by atoms with Crippen LogP contribution in [0.5, 0.6) is 0 Å². The Bertz CT molecular complexity index is 1250. The SMILES string of the molecule is CC[C@H](C(=O)NC1CCCC1)N(Cc1ccccc1Cl)C(=O)CN(c1cc(C)ccc1C)S(=O)(=O)N(C)C. The quantitative estimate of drug-likeness (QED) is 0.438. The molecule has 0 aromatic heterocycles. The Labute approximate surface area is 232 Å². The van der Waals surface area contributed by atoms with Crippen molar-refractivity contribution in [3.63, 3.8) is 0 Å². The van der Waals surface area contributed by atoms with Crippen LogP contribution in [0.4, 0.5) is 5.69 Å². The van der Waals surface area contributed by atoms with Crippen LogP contribution >= 0.6 is 11.6 Å². The minimum absolute atomic E-state index is 0.0811. The van der Waals surface area contributed by atoms with E-state index >= 15 is 0 Å². The fourth-order valence-corrected chi connectivity index (χ4v) is 6.10. The fourth-order valence-electron chi connectivity index (χ4n) is 4.79. The zero-order chi connectivity index (χ0) is 28.0. The van der Waals surface area contributed by atoms with Gasteiger partial charge in [-0.1, -0.05) is 61.7 Å². The molecule has 0 unspecified atom stereocenters. The van der Waals surface area contributed by atoms with Crippen molar-refractivity contribution in [2.75, 3.05) is 24.9 Å². The van der Waals surface area contributed by atoms with Crippen LogP contribution in [0.1, 0.15) is 55.7 Å². The molecule has 0 radical (unpaired) electrons. The first kappa shape index (κ1) is 29.9. The highest BCUT2D eigenvalue weighted by atomic mass is 35.5. The van der Waals surface area contributed by atoms with Gasteiger partial charge >= 0.3 is 10.2 Å². The van der Waals surface area contributed by atoms with Crippen LogP contribution < -0.4 is 9.62 Å². The van der Waals surface area contributed by atoms with Crippen molar-refractivity contribution in [3.05, 3.63) is 64.2 Å². The van der Waals surface area contributed by atoms with Gasteiger partial charge in [-0.05, 0) is 61.9 Å². The molecule has 8 nitrogen and oxygen atoms in total. The van der Waals surface area contributed by atoms with Gasteiger partial charge in [-0.3, -0.25) is 9.59 Å². The van der Waals surface area contributed by atoms with E-state index in [2.05, 4.69) is 5.32 Å². The van der Waals surface area contributed by atoms with Gasteiger partial charge in [0.15, 0.2) is 0 Å². The maximum absolute atomic E-state index is 14.0. The molecule has 2 aromatic carbocycles. The summed E-state index contributed by atoms with van der Waals surface area (Å²) >= 11 is 6.44. The van der Waals surface area contributed by atoms with Crippen LogP contribution in [0.2, 0.25) is 5.02 Å². The second kappa shape index (κ2) is 13.0. The van der Waals surface area contributed by atoms with E-state index in [0.29, 0.717) is 22.7 Å². The van der Waals surface area contributed by atoms with Crippen LogP contribution in [0.25, 0.3) is 0 Å². The predicted molar refractivity (Wildman–Crippen MR) is 152 cm³/mol. The molecule has 0 saturated heterocycles. The summed E-state index contributed by atoms with van der Waals surface area (Å²) in [4.78, 5) is 28.9. The molecule has 1 atom stereocenters. The van der Waals surface area contributed by atoms with Gasteiger partial charge in [0, 0.05) is 31.7 Å². The third kappa shape index (κ3) is 7.07. The van der Waals surface area contributed by atoms with Gasteiger partial charge in [0.1, 0.15) is 12.6 Å². The number of aryl methyl sites for hydroxylation is 2. The van der Waals surface area contributed by atoms with Gasteiger partial charge in [-0.15, -0.1) is 0 Å². The molecule has 1 N–H and O–H groups in total. The molecule has 10 heteroatoms. The van der Waals surface area contributed by atoms with E-state index in [9.17, 15) is 18.0 Å². The monoisotopic (exact) mass is 562 g/mol. The largest absolute Gasteiger partial charge is 0.352 e.